The van der Waals surface area contributed by atoms with Crippen molar-refractivity contribution in [2.75, 3.05) is 39.3 Å². The maximum atomic E-state index is 8.99. The third-order valence-electron chi connectivity index (χ3n) is 4.42. The van der Waals surface area contributed by atoms with Crippen molar-refractivity contribution in [2.24, 2.45) is 0 Å². The number of aryl methyl sites for hydroxylation is 1. The molecule has 0 saturated carbocycles. The fourth-order valence-corrected chi connectivity index (χ4v) is 3.79. The van der Waals surface area contributed by atoms with Crippen molar-refractivity contribution in [1.82, 2.24) is 9.80 Å². The second kappa shape index (κ2) is 5.92. The largest absolute Gasteiger partial charge is 0.395 e. The predicted molar refractivity (Wildman–Crippen MR) is 80.3 cm³/mol. The molecule has 1 saturated heterocycles. The summed E-state index contributed by atoms with van der Waals surface area (Å²) >= 11 is 3.56. The lowest BCUT2D eigenvalue weighted by molar-refractivity contribution is 0.0837. The Hall–Kier alpha value is -0.420. The zero-order chi connectivity index (χ0) is 13.2. The average Bonchev–Trinajstić information content (AvgIpc) is 2.83. The summed E-state index contributed by atoms with van der Waals surface area (Å²) in [6.45, 7) is 5.52. The summed E-state index contributed by atoms with van der Waals surface area (Å²) in [6, 6.07) is 7.34. The third-order valence-corrected chi connectivity index (χ3v) is 4.91. The van der Waals surface area contributed by atoms with Gasteiger partial charge in [-0.25, -0.2) is 0 Å². The first-order valence-electron chi connectivity index (χ1n) is 7.13. The number of piperazine rings is 1. The second-order valence-electron chi connectivity index (χ2n) is 5.50. The zero-order valence-corrected chi connectivity index (χ0v) is 12.8. The number of aliphatic hydroxyl groups excluding tert-OH is 1. The van der Waals surface area contributed by atoms with Crippen molar-refractivity contribution in [3.05, 3.63) is 33.8 Å². The summed E-state index contributed by atoms with van der Waals surface area (Å²) in [5.41, 5.74) is 3.04. The quantitative estimate of drug-likeness (QED) is 0.921. The van der Waals surface area contributed by atoms with E-state index in [9.17, 15) is 0 Å². The number of aliphatic hydroxyl groups is 1. The zero-order valence-electron chi connectivity index (χ0n) is 11.2. The van der Waals surface area contributed by atoms with Crippen LogP contribution in [-0.4, -0.2) is 54.2 Å². The topological polar surface area (TPSA) is 26.7 Å². The number of benzene rings is 1. The van der Waals surface area contributed by atoms with Crippen LogP contribution in [0.4, 0.5) is 0 Å². The average molecular weight is 325 g/mol. The van der Waals surface area contributed by atoms with Gasteiger partial charge in [0, 0.05) is 43.2 Å². The van der Waals surface area contributed by atoms with Crippen molar-refractivity contribution in [3.63, 3.8) is 0 Å². The number of β-amino-alcohol motifs (C(OH)–C–C–N with tert-alkyl or cyclic N) is 1. The van der Waals surface area contributed by atoms with Gasteiger partial charge in [-0.05, 0) is 36.1 Å². The van der Waals surface area contributed by atoms with E-state index in [0.717, 1.165) is 32.7 Å². The Kier molecular flexibility index (Phi) is 4.22. The van der Waals surface area contributed by atoms with E-state index in [0.29, 0.717) is 6.04 Å². The van der Waals surface area contributed by atoms with Crippen molar-refractivity contribution in [2.45, 2.75) is 18.9 Å². The van der Waals surface area contributed by atoms with Crippen LogP contribution >= 0.6 is 15.9 Å². The first-order chi connectivity index (χ1) is 9.28. The van der Waals surface area contributed by atoms with E-state index in [2.05, 4.69) is 43.9 Å². The molecular weight excluding hydrogens is 304 g/mol. The minimum atomic E-state index is 0.278. The molecule has 0 aromatic heterocycles. The number of hydrogen-bond acceptors (Lipinski definition) is 3. The lowest BCUT2D eigenvalue weighted by Gasteiger charge is -2.38. The molecular formula is C15H21BrN2O. The number of rotatable bonds is 3. The molecule has 19 heavy (non-hydrogen) atoms. The van der Waals surface area contributed by atoms with Crippen molar-refractivity contribution < 1.29 is 5.11 Å². The minimum absolute atomic E-state index is 0.278. The van der Waals surface area contributed by atoms with Gasteiger partial charge in [-0.2, -0.15) is 0 Å². The van der Waals surface area contributed by atoms with Gasteiger partial charge in [-0.1, -0.05) is 22.0 Å². The van der Waals surface area contributed by atoms with Crippen LogP contribution in [0.1, 0.15) is 23.6 Å². The van der Waals surface area contributed by atoms with Gasteiger partial charge in [0.25, 0.3) is 0 Å². The second-order valence-corrected chi connectivity index (χ2v) is 6.41. The maximum absolute atomic E-state index is 8.99. The summed E-state index contributed by atoms with van der Waals surface area (Å²) in [5, 5.41) is 8.99. The van der Waals surface area contributed by atoms with Crippen LogP contribution in [0.15, 0.2) is 22.7 Å². The molecule has 0 radical (unpaired) electrons. The number of nitrogens with zero attached hydrogens (tertiary/aromatic N) is 2. The fraction of sp³-hybridized carbons (Fsp3) is 0.600. The van der Waals surface area contributed by atoms with Crippen LogP contribution in [0.2, 0.25) is 0 Å². The molecule has 4 heteroatoms. The number of fused-ring (bicyclic) bond motifs is 1. The summed E-state index contributed by atoms with van der Waals surface area (Å²) in [5.74, 6) is 0. The van der Waals surface area contributed by atoms with E-state index in [1.54, 1.807) is 0 Å². The first kappa shape index (κ1) is 13.6. The molecule has 0 spiro atoms. The molecule has 104 valence electrons. The highest BCUT2D eigenvalue weighted by Crippen LogP contribution is 2.37. The third kappa shape index (κ3) is 2.87. The Morgan fingerprint density at radius 1 is 1.21 bits per heavy atom. The summed E-state index contributed by atoms with van der Waals surface area (Å²) in [7, 11) is 0. The molecule has 1 aliphatic heterocycles. The van der Waals surface area contributed by atoms with E-state index in [-0.39, 0.29) is 6.61 Å². The first-order valence-corrected chi connectivity index (χ1v) is 7.93. The summed E-state index contributed by atoms with van der Waals surface area (Å²) < 4.78 is 1.19. The summed E-state index contributed by atoms with van der Waals surface area (Å²) in [6.07, 6.45) is 2.46. The van der Waals surface area contributed by atoms with Gasteiger partial charge in [-0.3, -0.25) is 9.80 Å². The SMILES string of the molecule is OCCN1CCN(C2CCc3cc(Br)ccc32)CC1. The molecule has 2 aliphatic rings. The van der Waals surface area contributed by atoms with Gasteiger partial charge in [0.15, 0.2) is 0 Å². The van der Waals surface area contributed by atoms with E-state index in [1.165, 1.54) is 28.4 Å². The van der Waals surface area contributed by atoms with Gasteiger partial charge in [-0.15, -0.1) is 0 Å². The molecule has 0 bridgehead atoms. The predicted octanol–water partition coefficient (Wildman–Crippen LogP) is 2.05. The molecule has 1 heterocycles. The summed E-state index contributed by atoms with van der Waals surface area (Å²) in [4.78, 5) is 4.97. The van der Waals surface area contributed by atoms with Crippen molar-refractivity contribution >= 4 is 15.9 Å². The van der Waals surface area contributed by atoms with Crippen molar-refractivity contribution in [1.29, 1.82) is 0 Å². The van der Waals surface area contributed by atoms with E-state index in [4.69, 9.17) is 5.11 Å². The Morgan fingerprint density at radius 3 is 2.74 bits per heavy atom. The lowest BCUT2D eigenvalue weighted by atomic mass is 10.1. The van der Waals surface area contributed by atoms with Crippen LogP contribution in [0.3, 0.4) is 0 Å². The van der Waals surface area contributed by atoms with Crippen molar-refractivity contribution in [3.8, 4) is 0 Å². The Bertz CT molecular complexity index is 444. The smallest absolute Gasteiger partial charge is 0.0558 e. The monoisotopic (exact) mass is 324 g/mol. The minimum Gasteiger partial charge on any atom is -0.395 e. The van der Waals surface area contributed by atoms with Gasteiger partial charge in [0.05, 0.1) is 6.61 Å². The highest BCUT2D eigenvalue weighted by molar-refractivity contribution is 9.10. The van der Waals surface area contributed by atoms with Gasteiger partial charge < -0.3 is 5.11 Å². The van der Waals surface area contributed by atoms with Crippen LogP contribution in [0.5, 0.6) is 0 Å². The van der Waals surface area contributed by atoms with Gasteiger partial charge >= 0.3 is 0 Å². The highest BCUT2D eigenvalue weighted by atomic mass is 79.9. The molecule has 3 rings (SSSR count). The molecule has 1 atom stereocenters. The van der Waals surface area contributed by atoms with E-state index >= 15 is 0 Å². The Labute approximate surface area is 123 Å². The lowest BCUT2D eigenvalue weighted by Crippen LogP contribution is -2.47. The highest BCUT2D eigenvalue weighted by Gasteiger charge is 2.29. The van der Waals surface area contributed by atoms with Gasteiger partial charge in [0.2, 0.25) is 0 Å². The molecule has 1 aromatic carbocycles. The molecule has 1 fully saturated rings. The van der Waals surface area contributed by atoms with Crippen LogP contribution in [0.25, 0.3) is 0 Å². The van der Waals surface area contributed by atoms with E-state index in [1.807, 2.05) is 0 Å². The Morgan fingerprint density at radius 2 is 2.00 bits per heavy atom. The van der Waals surface area contributed by atoms with Gasteiger partial charge in [0.1, 0.15) is 0 Å². The number of halogens is 1. The molecule has 1 N–H and O–H groups in total. The molecule has 3 nitrogen and oxygen atoms in total. The Balaban J connectivity index is 1.66. The molecule has 0 amide bonds. The van der Waals surface area contributed by atoms with E-state index < -0.39 is 0 Å². The standard InChI is InChI=1S/C15H21BrN2O/c16-13-2-3-14-12(11-13)1-4-15(14)18-7-5-17(6-8-18)9-10-19/h2-3,11,15,19H,1,4-10H2. The maximum Gasteiger partial charge on any atom is 0.0558 e. The van der Waals surface area contributed by atoms with Crippen LogP contribution in [0, 0.1) is 0 Å². The fourth-order valence-electron chi connectivity index (χ4n) is 3.38. The normalized spacial score (nSPS) is 24.6. The molecule has 1 unspecified atom stereocenters. The van der Waals surface area contributed by atoms with Crippen LogP contribution < -0.4 is 0 Å². The van der Waals surface area contributed by atoms with Crippen LogP contribution in [-0.2, 0) is 6.42 Å². The molecule has 1 aliphatic carbocycles. The molecule has 1 aromatic rings. The number of hydrogen-bond donors (Lipinski definition) is 1.